The Kier molecular flexibility index (Phi) is 3.22. The first kappa shape index (κ1) is 15.6. The van der Waals surface area contributed by atoms with E-state index in [0.29, 0.717) is 17.8 Å². The number of alkyl halides is 1. The van der Waals surface area contributed by atoms with Crippen molar-refractivity contribution in [3.05, 3.63) is 0 Å². The lowest BCUT2D eigenvalue weighted by Gasteiger charge is -2.62. The molecule has 0 radical (unpaired) electrons. The molecular weight excluding hydrogens is 356 g/mol. The van der Waals surface area contributed by atoms with Crippen molar-refractivity contribution in [1.82, 2.24) is 0 Å². The van der Waals surface area contributed by atoms with Crippen LogP contribution in [0, 0.1) is 28.6 Å². The summed E-state index contributed by atoms with van der Waals surface area (Å²) in [6, 6.07) is 0. The predicted octanol–water partition coefficient (Wildman–Crippen LogP) is 3.26. The van der Waals surface area contributed by atoms with Crippen LogP contribution in [0.1, 0.15) is 58.3 Å². The van der Waals surface area contributed by atoms with E-state index < -0.39 is 0 Å². The zero-order valence-electron chi connectivity index (χ0n) is 14.0. The molecule has 0 aromatic carbocycles. The van der Waals surface area contributed by atoms with Crippen molar-refractivity contribution in [2.24, 2.45) is 28.6 Å². The van der Waals surface area contributed by atoms with E-state index in [0.717, 1.165) is 45.1 Å². The highest BCUT2D eigenvalue weighted by Crippen LogP contribution is 2.72. The molecule has 0 amide bonds. The zero-order chi connectivity index (χ0) is 16.0. The topological polar surface area (TPSA) is 49.7 Å². The predicted molar refractivity (Wildman–Crippen MR) is 91.4 cm³/mol. The van der Waals surface area contributed by atoms with E-state index in [4.69, 9.17) is 4.74 Å². The van der Waals surface area contributed by atoms with Crippen molar-refractivity contribution in [1.29, 1.82) is 0 Å². The summed E-state index contributed by atoms with van der Waals surface area (Å²) < 4.78 is 6.34. The molecule has 1 saturated heterocycles. The SMILES string of the molecule is C[C@]12CC[C@H]3[C@@H](C[C@H]4OC[C@@]35CC[C@H](O)C[C@]45Br)[C@@H]1CC[C@H]2O. The van der Waals surface area contributed by atoms with E-state index in [1.54, 1.807) is 0 Å². The van der Waals surface area contributed by atoms with Gasteiger partial charge in [0.1, 0.15) is 0 Å². The minimum atomic E-state index is -0.176. The Hall–Kier alpha value is 0.360. The fraction of sp³-hybridized carbons (Fsp3) is 1.00. The van der Waals surface area contributed by atoms with Crippen molar-refractivity contribution >= 4 is 15.9 Å². The molecule has 3 nitrogen and oxygen atoms in total. The maximum absolute atomic E-state index is 10.6. The first-order chi connectivity index (χ1) is 10.9. The van der Waals surface area contributed by atoms with E-state index in [1.807, 2.05) is 0 Å². The third-order valence-electron chi connectivity index (χ3n) is 8.92. The summed E-state index contributed by atoms with van der Waals surface area (Å²) in [5, 5.41) is 20.8. The molecule has 1 aliphatic heterocycles. The first-order valence-corrected chi connectivity index (χ1v) is 10.4. The number of halogens is 1. The van der Waals surface area contributed by atoms with Crippen LogP contribution in [0.4, 0.5) is 0 Å². The van der Waals surface area contributed by atoms with Gasteiger partial charge in [0.05, 0.1) is 29.2 Å². The second-order valence-electron chi connectivity index (χ2n) is 9.47. The van der Waals surface area contributed by atoms with Gasteiger partial charge in [-0.15, -0.1) is 0 Å². The van der Waals surface area contributed by atoms with Crippen LogP contribution in [-0.2, 0) is 4.74 Å². The van der Waals surface area contributed by atoms with Crippen LogP contribution in [-0.4, -0.2) is 39.5 Å². The van der Waals surface area contributed by atoms with Crippen molar-refractivity contribution < 1.29 is 14.9 Å². The van der Waals surface area contributed by atoms with E-state index in [2.05, 4.69) is 22.9 Å². The lowest BCUT2D eigenvalue weighted by atomic mass is 9.45. The molecule has 23 heavy (non-hydrogen) atoms. The van der Waals surface area contributed by atoms with Gasteiger partial charge in [0, 0.05) is 5.41 Å². The van der Waals surface area contributed by atoms with E-state index in [-0.39, 0.29) is 33.5 Å². The fourth-order valence-electron chi connectivity index (χ4n) is 7.68. The van der Waals surface area contributed by atoms with Gasteiger partial charge >= 0.3 is 0 Å². The Balaban J connectivity index is 1.55. The van der Waals surface area contributed by atoms with Crippen molar-refractivity contribution in [2.45, 2.75) is 80.9 Å². The average Bonchev–Trinajstić information content (AvgIpc) is 2.88. The Morgan fingerprint density at radius 2 is 1.87 bits per heavy atom. The van der Waals surface area contributed by atoms with Crippen LogP contribution in [0.25, 0.3) is 0 Å². The number of ether oxygens (including phenoxy) is 1. The second-order valence-corrected chi connectivity index (χ2v) is 10.9. The summed E-state index contributed by atoms with van der Waals surface area (Å²) in [6.07, 6.45) is 8.55. The highest BCUT2D eigenvalue weighted by molar-refractivity contribution is 9.10. The zero-order valence-corrected chi connectivity index (χ0v) is 15.6. The van der Waals surface area contributed by atoms with Gasteiger partial charge in [-0.25, -0.2) is 0 Å². The molecule has 0 aromatic heterocycles. The lowest BCUT2D eigenvalue weighted by molar-refractivity contribution is -0.112. The van der Waals surface area contributed by atoms with Crippen LogP contribution in [0.15, 0.2) is 0 Å². The van der Waals surface area contributed by atoms with Crippen molar-refractivity contribution in [3.63, 3.8) is 0 Å². The molecule has 1 heterocycles. The summed E-state index contributed by atoms with van der Waals surface area (Å²) in [5.74, 6) is 2.08. The summed E-state index contributed by atoms with van der Waals surface area (Å²) in [7, 11) is 0. The monoisotopic (exact) mass is 384 g/mol. The van der Waals surface area contributed by atoms with E-state index in [1.165, 1.54) is 12.8 Å². The molecule has 4 heteroatoms. The quantitative estimate of drug-likeness (QED) is 0.630. The Morgan fingerprint density at radius 1 is 1.04 bits per heavy atom. The maximum Gasteiger partial charge on any atom is 0.0738 e. The molecule has 0 aromatic rings. The number of aliphatic hydroxyl groups is 2. The number of hydrogen-bond acceptors (Lipinski definition) is 3. The van der Waals surface area contributed by atoms with Crippen LogP contribution in [0.3, 0.4) is 0 Å². The Bertz CT molecular complexity index is 527. The van der Waals surface area contributed by atoms with Crippen LogP contribution in [0.5, 0.6) is 0 Å². The Labute approximate surface area is 147 Å². The first-order valence-electron chi connectivity index (χ1n) is 9.57. The molecule has 4 saturated carbocycles. The normalized spacial score (nSPS) is 64.2. The molecule has 9 atom stereocenters. The van der Waals surface area contributed by atoms with Gasteiger partial charge in [0.15, 0.2) is 0 Å². The molecule has 2 bridgehead atoms. The fourth-order valence-corrected chi connectivity index (χ4v) is 8.98. The van der Waals surface area contributed by atoms with E-state index >= 15 is 0 Å². The molecule has 0 spiro atoms. The van der Waals surface area contributed by atoms with Gasteiger partial charge in [-0.05, 0) is 74.5 Å². The second kappa shape index (κ2) is 4.75. The largest absolute Gasteiger partial charge is 0.393 e. The molecule has 2 N–H and O–H groups in total. The summed E-state index contributed by atoms with van der Waals surface area (Å²) in [5.41, 5.74) is 0.354. The Morgan fingerprint density at radius 3 is 2.70 bits per heavy atom. The number of hydrogen-bond donors (Lipinski definition) is 2. The molecule has 5 fully saturated rings. The number of aliphatic hydroxyl groups excluding tert-OH is 2. The minimum absolute atomic E-state index is 0.0101. The standard InChI is InChI=1S/C19H29BrO3/c1-17-6-5-14-12(13(17)2-3-15(17)22)8-16-19(20)9-11(21)4-7-18(14,19)10-23-16/h11-16,21-22H,2-10H2,1H3/t11-,12-,13-,14-,15+,16+,17-,18-,19-/m0/s1. The van der Waals surface area contributed by atoms with Gasteiger partial charge in [0.25, 0.3) is 0 Å². The van der Waals surface area contributed by atoms with Crippen LogP contribution >= 0.6 is 15.9 Å². The molecule has 5 rings (SSSR count). The maximum atomic E-state index is 10.6. The highest BCUT2D eigenvalue weighted by Gasteiger charge is 2.72. The summed E-state index contributed by atoms with van der Waals surface area (Å²) >= 11 is 4.12. The molecule has 4 aliphatic carbocycles. The molecular formula is C19H29BrO3. The number of rotatable bonds is 0. The van der Waals surface area contributed by atoms with Gasteiger partial charge in [-0.1, -0.05) is 22.9 Å². The van der Waals surface area contributed by atoms with Crippen LogP contribution < -0.4 is 0 Å². The van der Waals surface area contributed by atoms with Crippen molar-refractivity contribution in [3.8, 4) is 0 Å². The molecule has 5 aliphatic rings. The van der Waals surface area contributed by atoms with Gasteiger partial charge in [-0.3, -0.25) is 0 Å². The van der Waals surface area contributed by atoms with Crippen LogP contribution in [0.2, 0.25) is 0 Å². The summed E-state index contributed by atoms with van der Waals surface area (Å²) in [6.45, 7) is 3.22. The number of fused-ring (bicyclic) bond motifs is 3. The van der Waals surface area contributed by atoms with Gasteiger partial charge in [-0.2, -0.15) is 0 Å². The summed E-state index contributed by atoms with van der Waals surface area (Å²) in [4.78, 5) is 0. The van der Waals surface area contributed by atoms with E-state index in [9.17, 15) is 10.2 Å². The van der Waals surface area contributed by atoms with Crippen molar-refractivity contribution in [2.75, 3.05) is 6.61 Å². The van der Waals surface area contributed by atoms with Gasteiger partial charge < -0.3 is 14.9 Å². The molecule has 0 unspecified atom stereocenters. The average molecular weight is 385 g/mol. The third kappa shape index (κ3) is 1.72. The smallest absolute Gasteiger partial charge is 0.0738 e. The third-order valence-corrected chi connectivity index (χ3v) is 10.5. The minimum Gasteiger partial charge on any atom is -0.393 e. The van der Waals surface area contributed by atoms with Gasteiger partial charge in [0.2, 0.25) is 0 Å². The highest BCUT2D eigenvalue weighted by atomic mass is 79.9. The lowest BCUT2D eigenvalue weighted by Crippen LogP contribution is -2.63. The molecule has 130 valence electrons.